The van der Waals surface area contributed by atoms with Crippen molar-refractivity contribution in [2.45, 2.75) is 57.7 Å². The van der Waals surface area contributed by atoms with Gasteiger partial charge in [-0.25, -0.2) is 0 Å². The van der Waals surface area contributed by atoms with Crippen LogP contribution in [0.3, 0.4) is 0 Å². The van der Waals surface area contributed by atoms with Crippen molar-refractivity contribution < 1.29 is 9.53 Å². The summed E-state index contributed by atoms with van der Waals surface area (Å²) in [5, 5.41) is 2.79. The fourth-order valence-electron chi connectivity index (χ4n) is 2.41. The lowest BCUT2D eigenvalue weighted by molar-refractivity contribution is -0.122. The van der Waals surface area contributed by atoms with Crippen LogP contribution < -0.4 is 15.8 Å². The van der Waals surface area contributed by atoms with Crippen LogP contribution in [0.1, 0.15) is 44.6 Å². The van der Waals surface area contributed by atoms with Crippen molar-refractivity contribution in [1.82, 2.24) is 5.32 Å². The Bertz CT molecular complexity index is 423. The standard InChI is InChI=1S/C16H24N2O2/c1-12(17)16(19)18-11-13-7-9-15(10-8-13)20-14-5-3-2-4-6-14/h7-10,12,14H,2-6,11,17H2,1H3,(H,18,19)/t12-/m1/s1. The molecule has 0 unspecified atom stereocenters. The van der Waals surface area contributed by atoms with Crippen LogP contribution in [0.2, 0.25) is 0 Å². The topological polar surface area (TPSA) is 64.4 Å². The second-order valence-corrected chi connectivity index (χ2v) is 5.53. The predicted octanol–water partition coefficient (Wildman–Crippen LogP) is 2.36. The number of amides is 1. The number of carbonyl (C=O) groups is 1. The smallest absolute Gasteiger partial charge is 0.236 e. The Labute approximate surface area is 120 Å². The molecule has 4 nitrogen and oxygen atoms in total. The molecular formula is C16H24N2O2. The molecule has 4 heteroatoms. The molecule has 1 aliphatic carbocycles. The third-order valence-electron chi connectivity index (χ3n) is 3.66. The first-order chi connectivity index (χ1) is 9.65. The van der Waals surface area contributed by atoms with Gasteiger partial charge in [0.15, 0.2) is 0 Å². The summed E-state index contributed by atoms with van der Waals surface area (Å²) in [5.41, 5.74) is 6.55. The highest BCUT2D eigenvalue weighted by Crippen LogP contribution is 2.23. The van der Waals surface area contributed by atoms with Crippen molar-refractivity contribution in [2.24, 2.45) is 5.73 Å². The van der Waals surface area contributed by atoms with Crippen LogP contribution in [0.5, 0.6) is 5.75 Å². The van der Waals surface area contributed by atoms with Crippen molar-refractivity contribution in [3.63, 3.8) is 0 Å². The van der Waals surface area contributed by atoms with Gasteiger partial charge < -0.3 is 15.8 Å². The summed E-state index contributed by atoms with van der Waals surface area (Å²) in [4.78, 5) is 11.4. The molecular weight excluding hydrogens is 252 g/mol. The van der Waals surface area contributed by atoms with Crippen molar-refractivity contribution in [1.29, 1.82) is 0 Å². The van der Waals surface area contributed by atoms with E-state index in [2.05, 4.69) is 5.32 Å². The minimum Gasteiger partial charge on any atom is -0.490 e. The lowest BCUT2D eigenvalue weighted by Gasteiger charge is -2.23. The highest BCUT2D eigenvalue weighted by atomic mass is 16.5. The van der Waals surface area contributed by atoms with E-state index in [4.69, 9.17) is 10.5 Å². The number of hydrogen-bond acceptors (Lipinski definition) is 3. The molecule has 0 aliphatic heterocycles. The second kappa shape index (κ2) is 7.29. The highest BCUT2D eigenvalue weighted by molar-refractivity contribution is 5.80. The van der Waals surface area contributed by atoms with Crippen LogP contribution in [-0.4, -0.2) is 18.1 Å². The van der Waals surface area contributed by atoms with Gasteiger partial charge in [0.25, 0.3) is 0 Å². The maximum atomic E-state index is 11.4. The number of benzene rings is 1. The van der Waals surface area contributed by atoms with E-state index >= 15 is 0 Å². The summed E-state index contributed by atoms with van der Waals surface area (Å²) < 4.78 is 5.97. The first kappa shape index (κ1) is 14.9. The molecule has 1 amide bonds. The molecule has 2 rings (SSSR count). The molecule has 1 atom stereocenters. The fourth-order valence-corrected chi connectivity index (χ4v) is 2.41. The van der Waals surface area contributed by atoms with Crippen LogP contribution in [0.4, 0.5) is 0 Å². The molecule has 0 heterocycles. The van der Waals surface area contributed by atoms with Gasteiger partial charge in [0.2, 0.25) is 5.91 Å². The van der Waals surface area contributed by atoms with E-state index in [1.54, 1.807) is 6.92 Å². The number of ether oxygens (including phenoxy) is 1. The van der Waals surface area contributed by atoms with E-state index in [9.17, 15) is 4.79 Å². The van der Waals surface area contributed by atoms with E-state index in [1.807, 2.05) is 24.3 Å². The zero-order chi connectivity index (χ0) is 14.4. The number of nitrogens with two attached hydrogens (primary N) is 1. The van der Waals surface area contributed by atoms with Gasteiger partial charge in [-0.05, 0) is 50.3 Å². The van der Waals surface area contributed by atoms with E-state index in [1.165, 1.54) is 19.3 Å². The Morgan fingerprint density at radius 2 is 1.95 bits per heavy atom. The summed E-state index contributed by atoms with van der Waals surface area (Å²) in [7, 11) is 0. The van der Waals surface area contributed by atoms with Gasteiger partial charge in [0.1, 0.15) is 5.75 Å². The lowest BCUT2D eigenvalue weighted by atomic mass is 9.98. The zero-order valence-corrected chi connectivity index (χ0v) is 12.1. The molecule has 0 saturated heterocycles. The maximum Gasteiger partial charge on any atom is 0.236 e. The Kier molecular flexibility index (Phi) is 5.41. The molecule has 110 valence electrons. The van der Waals surface area contributed by atoms with Crippen LogP contribution in [0, 0.1) is 0 Å². The number of carbonyl (C=O) groups excluding carboxylic acids is 1. The summed E-state index contributed by atoms with van der Waals surface area (Å²) in [6.07, 6.45) is 6.56. The number of rotatable bonds is 5. The monoisotopic (exact) mass is 276 g/mol. The number of nitrogens with one attached hydrogen (secondary N) is 1. The zero-order valence-electron chi connectivity index (χ0n) is 12.1. The Balaban J connectivity index is 1.81. The predicted molar refractivity (Wildman–Crippen MR) is 79.4 cm³/mol. The van der Waals surface area contributed by atoms with E-state index in [-0.39, 0.29) is 5.91 Å². The van der Waals surface area contributed by atoms with Crippen LogP contribution >= 0.6 is 0 Å². The van der Waals surface area contributed by atoms with Crippen molar-refractivity contribution in [3.8, 4) is 5.75 Å². The van der Waals surface area contributed by atoms with Gasteiger partial charge in [-0.15, -0.1) is 0 Å². The molecule has 0 aromatic heterocycles. The molecule has 1 aliphatic rings. The Hall–Kier alpha value is -1.55. The highest BCUT2D eigenvalue weighted by Gasteiger charge is 2.14. The number of hydrogen-bond donors (Lipinski definition) is 2. The van der Waals surface area contributed by atoms with Crippen molar-refractivity contribution in [3.05, 3.63) is 29.8 Å². The first-order valence-corrected chi connectivity index (χ1v) is 7.44. The molecule has 1 aromatic rings. The van der Waals surface area contributed by atoms with Crippen molar-refractivity contribution >= 4 is 5.91 Å². The molecule has 0 bridgehead atoms. The van der Waals surface area contributed by atoms with Crippen molar-refractivity contribution in [2.75, 3.05) is 0 Å². The first-order valence-electron chi connectivity index (χ1n) is 7.44. The Morgan fingerprint density at radius 1 is 1.30 bits per heavy atom. The second-order valence-electron chi connectivity index (χ2n) is 5.53. The van der Waals surface area contributed by atoms with Crippen LogP contribution in [0.25, 0.3) is 0 Å². The van der Waals surface area contributed by atoms with E-state index in [0.29, 0.717) is 12.6 Å². The van der Waals surface area contributed by atoms with E-state index in [0.717, 1.165) is 24.2 Å². The summed E-state index contributed by atoms with van der Waals surface area (Å²) >= 11 is 0. The Morgan fingerprint density at radius 3 is 2.55 bits per heavy atom. The van der Waals surface area contributed by atoms with Gasteiger partial charge in [-0.2, -0.15) is 0 Å². The molecule has 1 aromatic carbocycles. The van der Waals surface area contributed by atoms with Gasteiger partial charge >= 0.3 is 0 Å². The van der Waals surface area contributed by atoms with Crippen LogP contribution in [0.15, 0.2) is 24.3 Å². The molecule has 0 radical (unpaired) electrons. The normalized spacial score (nSPS) is 17.5. The summed E-state index contributed by atoms with van der Waals surface area (Å²) in [6, 6.07) is 7.45. The maximum absolute atomic E-state index is 11.4. The average Bonchev–Trinajstić information content (AvgIpc) is 2.47. The summed E-state index contributed by atoms with van der Waals surface area (Å²) in [5.74, 6) is 0.784. The third-order valence-corrected chi connectivity index (χ3v) is 3.66. The van der Waals surface area contributed by atoms with Gasteiger partial charge in [0, 0.05) is 6.54 Å². The minimum absolute atomic E-state index is 0.132. The fraction of sp³-hybridized carbons (Fsp3) is 0.562. The average molecular weight is 276 g/mol. The molecule has 1 saturated carbocycles. The lowest BCUT2D eigenvalue weighted by Crippen LogP contribution is -2.37. The summed E-state index contributed by atoms with van der Waals surface area (Å²) in [6.45, 7) is 2.18. The molecule has 3 N–H and O–H groups in total. The molecule has 20 heavy (non-hydrogen) atoms. The molecule has 0 spiro atoms. The van der Waals surface area contributed by atoms with Gasteiger partial charge in [0.05, 0.1) is 12.1 Å². The third kappa shape index (κ3) is 4.53. The van der Waals surface area contributed by atoms with Gasteiger partial charge in [-0.1, -0.05) is 18.6 Å². The SMILES string of the molecule is C[C@@H](N)C(=O)NCc1ccc(OC2CCCCC2)cc1. The van der Waals surface area contributed by atoms with Gasteiger partial charge in [-0.3, -0.25) is 4.79 Å². The minimum atomic E-state index is -0.469. The van der Waals surface area contributed by atoms with E-state index < -0.39 is 6.04 Å². The quantitative estimate of drug-likeness (QED) is 0.867. The van der Waals surface area contributed by atoms with Crippen LogP contribution in [-0.2, 0) is 11.3 Å². The largest absolute Gasteiger partial charge is 0.490 e. The molecule has 1 fully saturated rings.